The largest absolute Gasteiger partial charge is 0.480 e. The van der Waals surface area contributed by atoms with Crippen LogP contribution in [0.1, 0.15) is 76.8 Å². The lowest BCUT2D eigenvalue weighted by atomic mass is 9.92. The molecule has 1 aromatic rings. The van der Waals surface area contributed by atoms with Crippen molar-refractivity contribution < 1.29 is 9.90 Å². The van der Waals surface area contributed by atoms with Gasteiger partial charge in [0.2, 0.25) is 0 Å². The van der Waals surface area contributed by atoms with Gasteiger partial charge in [0.1, 0.15) is 5.25 Å². The van der Waals surface area contributed by atoms with E-state index in [4.69, 9.17) is 0 Å². The van der Waals surface area contributed by atoms with Crippen LogP contribution in [0.15, 0.2) is 17.0 Å². The van der Waals surface area contributed by atoms with Gasteiger partial charge < -0.3 is 10.0 Å². The number of carboxylic acid groups (broad SMARTS) is 1. The maximum absolute atomic E-state index is 11.6. The summed E-state index contributed by atoms with van der Waals surface area (Å²) >= 11 is 1.50. The van der Waals surface area contributed by atoms with E-state index in [1.54, 1.807) is 0 Å². The van der Waals surface area contributed by atoms with Crippen LogP contribution in [0.5, 0.6) is 0 Å². The van der Waals surface area contributed by atoms with Crippen molar-refractivity contribution in [2.45, 2.75) is 75.9 Å². The topological polar surface area (TPSA) is 40.5 Å². The molecule has 0 bridgehead atoms. The number of anilines is 1. The lowest BCUT2D eigenvalue weighted by Crippen LogP contribution is -2.17. The molecule has 3 nitrogen and oxygen atoms in total. The van der Waals surface area contributed by atoms with Crippen molar-refractivity contribution >= 4 is 23.4 Å². The fourth-order valence-corrected chi connectivity index (χ4v) is 4.01. The number of benzene rings is 1. The monoisotopic (exact) mass is 351 g/mol. The van der Waals surface area contributed by atoms with Crippen molar-refractivity contribution in [3.8, 4) is 0 Å². The SMILES string of the molecule is CCCCC(Sc1cc(C(C)C)c(N(C)C)c(C(C)C)c1)C(=O)O. The molecule has 1 N–H and O–H groups in total. The van der Waals surface area contributed by atoms with E-state index in [1.807, 2.05) is 0 Å². The van der Waals surface area contributed by atoms with Gasteiger partial charge in [-0.05, 0) is 41.5 Å². The molecule has 0 spiro atoms. The van der Waals surface area contributed by atoms with Crippen LogP contribution >= 0.6 is 11.8 Å². The van der Waals surface area contributed by atoms with Crippen molar-refractivity contribution in [1.82, 2.24) is 0 Å². The Bertz CT molecular complexity index is 524. The van der Waals surface area contributed by atoms with E-state index in [9.17, 15) is 9.90 Å². The quantitative estimate of drug-likeness (QED) is 0.576. The Morgan fingerprint density at radius 3 is 1.96 bits per heavy atom. The molecule has 0 aromatic heterocycles. The van der Waals surface area contributed by atoms with E-state index in [2.05, 4.69) is 65.7 Å². The Kier molecular flexibility index (Phi) is 8.14. The number of nitrogens with zero attached hydrogens (tertiary/aromatic N) is 1. The maximum Gasteiger partial charge on any atom is 0.316 e. The summed E-state index contributed by atoms with van der Waals surface area (Å²) in [6.07, 6.45) is 2.70. The molecule has 0 amide bonds. The lowest BCUT2D eigenvalue weighted by Gasteiger charge is -2.27. The Balaban J connectivity index is 3.31. The number of rotatable bonds is 9. The van der Waals surface area contributed by atoms with Crippen molar-refractivity contribution in [1.29, 1.82) is 0 Å². The second-order valence-corrected chi connectivity index (χ2v) is 8.52. The van der Waals surface area contributed by atoms with E-state index in [0.717, 1.165) is 24.2 Å². The second kappa shape index (κ2) is 9.36. The molecule has 0 radical (unpaired) electrons. The molecule has 0 saturated heterocycles. The first-order valence-corrected chi connectivity index (χ1v) is 9.81. The Morgan fingerprint density at radius 1 is 1.12 bits per heavy atom. The summed E-state index contributed by atoms with van der Waals surface area (Å²) in [5, 5.41) is 9.17. The third-order valence-corrected chi connectivity index (χ3v) is 5.44. The summed E-state index contributed by atoms with van der Waals surface area (Å²) in [7, 11) is 4.17. The molecular formula is C20H33NO2S. The number of aliphatic carboxylic acids is 1. The molecule has 0 aliphatic carbocycles. The first-order valence-electron chi connectivity index (χ1n) is 8.93. The highest BCUT2D eigenvalue weighted by atomic mass is 32.2. The van der Waals surface area contributed by atoms with Crippen LogP contribution in [-0.2, 0) is 4.79 Å². The molecule has 4 heteroatoms. The summed E-state index contributed by atoms with van der Waals surface area (Å²) < 4.78 is 0. The van der Waals surface area contributed by atoms with Crippen LogP contribution in [0, 0.1) is 0 Å². The van der Waals surface area contributed by atoms with E-state index in [-0.39, 0.29) is 5.25 Å². The van der Waals surface area contributed by atoms with Crippen molar-refractivity contribution in [3.63, 3.8) is 0 Å². The van der Waals surface area contributed by atoms with Crippen molar-refractivity contribution in [2.24, 2.45) is 0 Å². The van der Waals surface area contributed by atoms with Gasteiger partial charge in [-0.25, -0.2) is 0 Å². The van der Waals surface area contributed by atoms with Gasteiger partial charge in [-0.3, -0.25) is 4.79 Å². The second-order valence-electron chi connectivity index (χ2n) is 7.24. The predicted molar refractivity (Wildman–Crippen MR) is 106 cm³/mol. The van der Waals surface area contributed by atoms with Crippen LogP contribution in [0.2, 0.25) is 0 Å². The van der Waals surface area contributed by atoms with Crippen molar-refractivity contribution in [2.75, 3.05) is 19.0 Å². The van der Waals surface area contributed by atoms with Gasteiger partial charge in [-0.2, -0.15) is 0 Å². The van der Waals surface area contributed by atoms with E-state index < -0.39 is 5.97 Å². The molecule has 0 fully saturated rings. The summed E-state index contributed by atoms with van der Waals surface area (Å²) in [5.41, 5.74) is 3.88. The van der Waals surface area contributed by atoms with Crippen LogP contribution in [0.4, 0.5) is 5.69 Å². The standard InChI is InChI=1S/C20H33NO2S/c1-8-9-10-18(20(22)23)24-15-11-16(13(2)3)19(21(6)7)17(12-15)14(4)5/h11-14,18H,8-10H2,1-7H3,(H,22,23). The normalized spacial score (nSPS) is 12.7. The molecule has 136 valence electrons. The lowest BCUT2D eigenvalue weighted by molar-refractivity contribution is -0.136. The highest BCUT2D eigenvalue weighted by Gasteiger charge is 2.22. The van der Waals surface area contributed by atoms with Crippen LogP contribution in [0.25, 0.3) is 0 Å². The van der Waals surface area contributed by atoms with Gasteiger partial charge in [-0.15, -0.1) is 11.8 Å². The minimum absolute atomic E-state index is 0.366. The maximum atomic E-state index is 11.6. The number of unbranched alkanes of at least 4 members (excludes halogenated alkanes) is 1. The molecule has 24 heavy (non-hydrogen) atoms. The predicted octanol–water partition coefficient (Wildman–Crippen LogP) is 5.73. The van der Waals surface area contributed by atoms with E-state index in [1.165, 1.54) is 28.6 Å². The van der Waals surface area contributed by atoms with Gasteiger partial charge in [0, 0.05) is 24.7 Å². The van der Waals surface area contributed by atoms with Gasteiger partial charge >= 0.3 is 5.97 Å². The first kappa shape index (κ1) is 20.9. The molecule has 1 aromatic carbocycles. The van der Waals surface area contributed by atoms with Crippen LogP contribution < -0.4 is 4.90 Å². The molecule has 0 aliphatic rings. The van der Waals surface area contributed by atoms with Gasteiger partial charge in [-0.1, -0.05) is 47.5 Å². The summed E-state index contributed by atoms with van der Waals surface area (Å²) in [6, 6.07) is 4.39. The molecule has 1 unspecified atom stereocenters. The molecular weight excluding hydrogens is 318 g/mol. The summed E-state index contributed by atoms with van der Waals surface area (Å²) in [4.78, 5) is 14.9. The number of hydrogen-bond acceptors (Lipinski definition) is 3. The fourth-order valence-electron chi connectivity index (χ4n) is 2.90. The zero-order valence-electron chi connectivity index (χ0n) is 16.2. The van der Waals surface area contributed by atoms with Gasteiger partial charge in [0.15, 0.2) is 0 Å². The number of carbonyl (C=O) groups is 1. The number of hydrogen-bond donors (Lipinski definition) is 1. The molecule has 0 saturated carbocycles. The third-order valence-electron chi connectivity index (χ3n) is 4.21. The Hall–Kier alpha value is -1.16. The Morgan fingerprint density at radius 2 is 1.62 bits per heavy atom. The minimum Gasteiger partial charge on any atom is -0.480 e. The minimum atomic E-state index is -0.706. The zero-order chi connectivity index (χ0) is 18.4. The van der Waals surface area contributed by atoms with E-state index >= 15 is 0 Å². The Labute approximate surface area is 151 Å². The summed E-state index contributed by atoms with van der Waals surface area (Å²) in [5.74, 6) is 0.0982. The molecule has 0 heterocycles. The fraction of sp³-hybridized carbons (Fsp3) is 0.650. The van der Waals surface area contributed by atoms with Crippen LogP contribution in [0.3, 0.4) is 0 Å². The first-order chi connectivity index (χ1) is 11.2. The molecule has 0 aliphatic heterocycles. The molecule has 1 rings (SSSR count). The average molecular weight is 352 g/mol. The highest BCUT2D eigenvalue weighted by molar-refractivity contribution is 8.00. The van der Waals surface area contributed by atoms with Crippen molar-refractivity contribution in [3.05, 3.63) is 23.3 Å². The number of thioether (sulfide) groups is 1. The average Bonchev–Trinajstić information content (AvgIpc) is 2.49. The smallest absolute Gasteiger partial charge is 0.316 e. The third kappa shape index (κ3) is 5.44. The van der Waals surface area contributed by atoms with Crippen LogP contribution in [-0.4, -0.2) is 30.4 Å². The zero-order valence-corrected chi connectivity index (χ0v) is 17.0. The van der Waals surface area contributed by atoms with E-state index in [0.29, 0.717) is 11.8 Å². The summed E-state index contributed by atoms with van der Waals surface area (Å²) in [6.45, 7) is 10.9. The van der Waals surface area contributed by atoms with Gasteiger partial charge in [0.25, 0.3) is 0 Å². The highest BCUT2D eigenvalue weighted by Crippen LogP contribution is 2.39. The van der Waals surface area contributed by atoms with Gasteiger partial charge in [0.05, 0.1) is 0 Å². The molecule has 1 atom stereocenters. The number of carboxylic acids is 1.